The monoisotopic (exact) mass is 532 g/mol. The average Bonchev–Trinajstić information content (AvgIpc) is 2.77. The summed E-state index contributed by atoms with van der Waals surface area (Å²) in [5, 5.41) is 20.3. The molecule has 1 saturated heterocycles. The van der Waals surface area contributed by atoms with Gasteiger partial charge >= 0.3 is 11.9 Å². The van der Waals surface area contributed by atoms with E-state index in [2.05, 4.69) is 33.9 Å². The molecule has 0 aliphatic carbocycles. The van der Waals surface area contributed by atoms with Crippen molar-refractivity contribution in [3.05, 3.63) is 11.6 Å². The lowest BCUT2D eigenvalue weighted by Crippen LogP contribution is -2.65. The van der Waals surface area contributed by atoms with Gasteiger partial charge in [0.2, 0.25) is 5.79 Å². The second-order valence-electron chi connectivity index (χ2n) is 11.8. The van der Waals surface area contributed by atoms with E-state index in [1.165, 1.54) is 27.2 Å². The standard InChI is InChI=1S/C26H48O9Si/c1-12-21(29)34-23-18(14-22(30)31-8)13-19(15-20(28)17(2)27)35-26(23,32-9)25(6,7)16-33-36(10,11)24(3,4)5/h14,17,19-20,23,27-28H,12-13,15-16H2,1-11H3/b18-14+/t17-,19?,20-,23+,26-/m1/s1. The minimum absolute atomic E-state index is 0.0370. The maximum Gasteiger partial charge on any atom is 0.330 e. The molecule has 0 amide bonds. The van der Waals surface area contributed by atoms with Crippen LogP contribution in [0.25, 0.3) is 0 Å². The number of methoxy groups -OCH3 is 2. The molecule has 0 bridgehead atoms. The second-order valence-corrected chi connectivity index (χ2v) is 16.6. The SMILES string of the molecule is CCC(=O)O[C@H]1/C(=C/C(=O)OC)CC(C[C@@H](O)[C@@H](C)O)O[C@@]1(OC)C(C)(C)CO[Si](C)(C)C(C)(C)C. The summed E-state index contributed by atoms with van der Waals surface area (Å²) in [6.07, 6.45) is -2.10. The number of aliphatic hydroxyl groups excluding tert-OH is 2. The smallest absolute Gasteiger partial charge is 0.330 e. The van der Waals surface area contributed by atoms with Gasteiger partial charge in [0.25, 0.3) is 0 Å². The predicted octanol–water partition coefficient (Wildman–Crippen LogP) is 3.72. The minimum Gasteiger partial charge on any atom is -0.466 e. The molecular weight excluding hydrogens is 484 g/mol. The Labute approximate surface area is 217 Å². The molecule has 210 valence electrons. The van der Waals surface area contributed by atoms with Gasteiger partial charge in [-0.3, -0.25) is 4.79 Å². The van der Waals surface area contributed by atoms with Crippen LogP contribution in [-0.2, 0) is 33.0 Å². The first-order valence-corrected chi connectivity index (χ1v) is 15.5. The number of hydrogen-bond donors (Lipinski definition) is 2. The Morgan fingerprint density at radius 3 is 2.22 bits per heavy atom. The first kappa shape index (κ1) is 32.7. The van der Waals surface area contributed by atoms with Crippen LogP contribution in [0, 0.1) is 5.41 Å². The van der Waals surface area contributed by atoms with Crippen molar-refractivity contribution in [2.45, 2.75) is 116 Å². The maximum atomic E-state index is 12.5. The van der Waals surface area contributed by atoms with Crippen LogP contribution in [0.5, 0.6) is 0 Å². The van der Waals surface area contributed by atoms with E-state index in [0.29, 0.717) is 5.57 Å². The maximum absolute atomic E-state index is 12.5. The fraction of sp³-hybridized carbons (Fsp3) is 0.846. The van der Waals surface area contributed by atoms with Gasteiger partial charge in [-0.05, 0) is 37.0 Å². The molecule has 1 fully saturated rings. The highest BCUT2D eigenvalue weighted by molar-refractivity contribution is 6.74. The molecule has 5 atom stereocenters. The van der Waals surface area contributed by atoms with Crippen molar-refractivity contribution < 1.29 is 43.2 Å². The van der Waals surface area contributed by atoms with Gasteiger partial charge in [0.05, 0.1) is 25.4 Å². The number of carbonyl (C=O) groups excluding carboxylic acids is 2. The van der Waals surface area contributed by atoms with Crippen LogP contribution in [0.4, 0.5) is 0 Å². The summed E-state index contributed by atoms with van der Waals surface area (Å²) >= 11 is 0. The zero-order valence-electron chi connectivity index (χ0n) is 24.0. The Morgan fingerprint density at radius 2 is 1.78 bits per heavy atom. The van der Waals surface area contributed by atoms with Crippen molar-refractivity contribution in [2.75, 3.05) is 20.8 Å². The molecule has 1 unspecified atom stereocenters. The Hall–Kier alpha value is -1.30. The molecule has 1 heterocycles. The summed E-state index contributed by atoms with van der Waals surface area (Å²) in [5.41, 5.74) is -0.431. The summed E-state index contributed by atoms with van der Waals surface area (Å²) in [7, 11) is 0.555. The Morgan fingerprint density at radius 1 is 1.19 bits per heavy atom. The van der Waals surface area contributed by atoms with Crippen LogP contribution >= 0.6 is 0 Å². The van der Waals surface area contributed by atoms with Crippen LogP contribution in [0.2, 0.25) is 18.1 Å². The molecule has 0 spiro atoms. The van der Waals surface area contributed by atoms with E-state index in [1.54, 1.807) is 6.92 Å². The van der Waals surface area contributed by atoms with E-state index in [0.717, 1.165) is 0 Å². The topological polar surface area (TPSA) is 121 Å². The van der Waals surface area contributed by atoms with Crippen molar-refractivity contribution in [1.29, 1.82) is 0 Å². The molecule has 0 aromatic heterocycles. The van der Waals surface area contributed by atoms with Gasteiger partial charge in [0.1, 0.15) is 0 Å². The van der Waals surface area contributed by atoms with E-state index >= 15 is 0 Å². The van der Waals surface area contributed by atoms with Gasteiger partial charge in [-0.25, -0.2) is 4.79 Å². The third-order valence-electron chi connectivity index (χ3n) is 7.44. The molecule has 0 radical (unpaired) electrons. The number of rotatable bonds is 11. The Bertz CT molecular complexity index is 785. The largest absolute Gasteiger partial charge is 0.466 e. The third kappa shape index (κ3) is 7.61. The minimum atomic E-state index is -2.17. The number of aliphatic hydroxyl groups is 2. The summed E-state index contributed by atoms with van der Waals surface area (Å²) in [4.78, 5) is 24.8. The zero-order valence-corrected chi connectivity index (χ0v) is 25.0. The average molecular weight is 533 g/mol. The highest BCUT2D eigenvalue weighted by Crippen LogP contribution is 2.49. The van der Waals surface area contributed by atoms with Crippen LogP contribution in [0.3, 0.4) is 0 Å². The van der Waals surface area contributed by atoms with Crippen LogP contribution in [-0.4, -0.2) is 81.5 Å². The Balaban J connectivity index is 3.65. The quantitative estimate of drug-likeness (QED) is 0.233. The lowest BCUT2D eigenvalue weighted by molar-refractivity contribution is -0.350. The fourth-order valence-corrected chi connectivity index (χ4v) is 5.05. The van der Waals surface area contributed by atoms with Gasteiger partial charge in [-0.1, -0.05) is 41.5 Å². The summed E-state index contributed by atoms with van der Waals surface area (Å²) < 4.78 is 29.9. The molecule has 9 nitrogen and oxygen atoms in total. The van der Waals surface area contributed by atoms with Crippen LogP contribution < -0.4 is 0 Å². The first-order chi connectivity index (χ1) is 16.4. The van der Waals surface area contributed by atoms with Crippen molar-refractivity contribution in [1.82, 2.24) is 0 Å². The fourth-order valence-electron chi connectivity index (χ4n) is 3.90. The van der Waals surface area contributed by atoms with E-state index < -0.39 is 55.9 Å². The number of hydrogen-bond acceptors (Lipinski definition) is 9. The van der Waals surface area contributed by atoms with E-state index in [1.807, 2.05) is 13.8 Å². The van der Waals surface area contributed by atoms with Gasteiger partial charge in [-0.2, -0.15) is 0 Å². The number of ether oxygens (including phenoxy) is 4. The van der Waals surface area contributed by atoms with E-state index in [4.69, 9.17) is 23.4 Å². The van der Waals surface area contributed by atoms with E-state index in [9.17, 15) is 19.8 Å². The van der Waals surface area contributed by atoms with E-state index in [-0.39, 0.29) is 30.9 Å². The molecule has 1 rings (SSSR count). The summed E-state index contributed by atoms with van der Waals surface area (Å²) in [6.45, 7) is 17.9. The van der Waals surface area contributed by atoms with Gasteiger partial charge < -0.3 is 33.6 Å². The lowest BCUT2D eigenvalue weighted by atomic mass is 9.74. The van der Waals surface area contributed by atoms with Crippen molar-refractivity contribution in [2.24, 2.45) is 5.41 Å². The highest BCUT2D eigenvalue weighted by atomic mass is 28.4. The van der Waals surface area contributed by atoms with Gasteiger partial charge in [0, 0.05) is 38.0 Å². The number of esters is 2. The molecule has 10 heteroatoms. The third-order valence-corrected chi connectivity index (χ3v) is 11.9. The molecule has 0 saturated carbocycles. The van der Waals surface area contributed by atoms with Gasteiger partial charge in [0.15, 0.2) is 14.4 Å². The van der Waals surface area contributed by atoms with Crippen LogP contribution in [0.15, 0.2) is 11.6 Å². The molecular formula is C26H48O9Si. The van der Waals surface area contributed by atoms with Crippen LogP contribution in [0.1, 0.15) is 67.7 Å². The second kappa shape index (κ2) is 12.5. The van der Waals surface area contributed by atoms with Crippen molar-refractivity contribution in [3.63, 3.8) is 0 Å². The zero-order chi connectivity index (χ0) is 28.1. The Kier molecular flexibility index (Phi) is 11.4. The van der Waals surface area contributed by atoms with Gasteiger partial charge in [-0.15, -0.1) is 0 Å². The molecule has 2 N–H and O–H groups in total. The number of carbonyl (C=O) groups is 2. The first-order valence-electron chi connectivity index (χ1n) is 12.6. The van der Waals surface area contributed by atoms with Crippen molar-refractivity contribution >= 4 is 20.3 Å². The normalized spacial score (nSPS) is 26.4. The van der Waals surface area contributed by atoms with Crippen molar-refractivity contribution in [3.8, 4) is 0 Å². The molecule has 1 aliphatic rings. The predicted molar refractivity (Wildman–Crippen MR) is 139 cm³/mol. The summed E-state index contributed by atoms with van der Waals surface area (Å²) in [6, 6.07) is 0. The molecule has 0 aromatic rings. The summed E-state index contributed by atoms with van der Waals surface area (Å²) in [5.74, 6) is -2.65. The lowest BCUT2D eigenvalue weighted by Gasteiger charge is -2.54. The molecule has 1 aliphatic heterocycles. The highest BCUT2D eigenvalue weighted by Gasteiger charge is 2.60. The molecule has 36 heavy (non-hydrogen) atoms. The molecule has 0 aromatic carbocycles.